The molecule has 1 unspecified atom stereocenters. The van der Waals surface area contributed by atoms with Crippen LogP contribution in [0.4, 0.5) is 5.69 Å². The van der Waals surface area contributed by atoms with Crippen molar-refractivity contribution in [3.05, 3.63) is 24.3 Å². The molecular weight excluding hydrogens is 270 g/mol. The molecule has 1 aliphatic heterocycles. The van der Waals surface area contributed by atoms with Crippen molar-refractivity contribution in [2.75, 3.05) is 11.9 Å². The molecule has 110 valence electrons. The minimum Gasteiger partial charge on any atom is -0.325 e. The molecule has 4 nitrogen and oxygen atoms in total. The largest absolute Gasteiger partial charge is 0.325 e. The van der Waals surface area contributed by atoms with Gasteiger partial charge < -0.3 is 10.6 Å². The van der Waals surface area contributed by atoms with Crippen LogP contribution in [0.5, 0.6) is 0 Å². The second-order valence-corrected chi connectivity index (χ2v) is 7.00. The van der Waals surface area contributed by atoms with Crippen molar-refractivity contribution in [2.45, 2.75) is 50.1 Å². The number of amides is 1. The van der Waals surface area contributed by atoms with Crippen LogP contribution in [0.15, 0.2) is 29.2 Å². The molecule has 2 rings (SSSR count). The van der Waals surface area contributed by atoms with Crippen LogP contribution < -0.4 is 15.4 Å². The zero-order valence-corrected chi connectivity index (χ0v) is 13.1. The van der Waals surface area contributed by atoms with Crippen molar-refractivity contribution in [3.8, 4) is 0 Å². The van der Waals surface area contributed by atoms with Gasteiger partial charge in [0, 0.05) is 16.1 Å². The highest BCUT2D eigenvalue weighted by Crippen LogP contribution is 2.20. The standard InChI is InChI=1S/C15H23N3OS/c1-15(2,3)18-20-12-8-6-11(7-9-12)17-14(19)13-5-4-10-16-13/h6-9,13,16,18H,4-5,10H2,1-3H3,(H,17,19). The van der Waals surface area contributed by atoms with E-state index in [4.69, 9.17) is 0 Å². The molecule has 1 aromatic rings. The van der Waals surface area contributed by atoms with E-state index in [0.717, 1.165) is 30.0 Å². The van der Waals surface area contributed by atoms with E-state index in [9.17, 15) is 4.79 Å². The molecule has 0 spiro atoms. The van der Waals surface area contributed by atoms with Gasteiger partial charge in [-0.2, -0.15) is 0 Å². The van der Waals surface area contributed by atoms with Gasteiger partial charge in [-0.3, -0.25) is 9.52 Å². The monoisotopic (exact) mass is 293 g/mol. The number of carbonyl (C=O) groups is 1. The second kappa shape index (κ2) is 6.61. The van der Waals surface area contributed by atoms with Crippen LogP contribution in [0.3, 0.4) is 0 Å². The Bertz CT molecular complexity index is 447. The Morgan fingerprint density at radius 2 is 2.00 bits per heavy atom. The molecule has 0 bridgehead atoms. The van der Waals surface area contributed by atoms with Gasteiger partial charge in [0.2, 0.25) is 5.91 Å². The maximum atomic E-state index is 12.0. The first-order valence-electron chi connectivity index (χ1n) is 7.02. The van der Waals surface area contributed by atoms with E-state index in [1.807, 2.05) is 24.3 Å². The van der Waals surface area contributed by atoms with E-state index in [2.05, 4.69) is 36.1 Å². The summed E-state index contributed by atoms with van der Waals surface area (Å²) in [5.74, 6) is 0.0655. The minimum atomic E-state index is -0.0355. The lowest BCUT2D eigenvalue weighted by Gasteiger charge is -2.19. The SMILES string of the molecule is CC(C)(C)NSc1ccc(NC(=O)C2CCCN2)cc1. The van der Waals surface area contributed by atoms with Gasteiger partial charge in [-0.25, -0.2) is 0 Å². The summed E-state index contributed by atoms with van der Waals surface area (Å²) in [5, 5.41) is 6.15. The predicted octanol–water partition coefficient (Wildman–Crippen LogP) is 2.77. The predicted molar refractivity (Wildman–Crippen MR) is 84.8 cm³/mol. The van der Waals surface area contributed by atoms with Crippen molar-refractivity contribution in [3.63, 3.8) is 0 Å². The van der Waals surface area contributed by atoms with E-state index in [0.29, 0.717) is 0 Å². The third-order valence-electron chi connectivity index (χ3n) is 2.97. The van der Waals surface area contributed by atoms with E-state index < -0.39 is 0 Å². The summed E-state index contributed by atoms with van der Waals surface area (Å²) in [6.07, 6.45) is 2.00. The molecule has 1 saturated heterocycles. The van der Waals surface area contributed by atoms with Crippen LogP contribution in [0.2, 0.25) is 0 Å². The van der Waals surface area contributed by atoms with Gasteiger partial charge >= 0.3 is 0 Å². The van der Waals surface area contributed by atoms with E-state index >= 15 is 0 Å². The zero-order valence-electron chi connectivity index (χ0n) is 12.3. The normalized spacial score (nSPS) is 19.1. The topological polar surface area (TPSA) is 53.2 Å². The van der Waals surface area contributed by atoms with Crippen LogP contribution in [-0.4, -0.2) is 24.0 Å². The van der Waals surface area contributed by atoms with Gasteiger partial charge in [0.1, 0.15) is 0 Å². The van der Waals surface area contributed by atoms with Crippen molar-refractivity contribution >= 4 is 23.5 Å². The Balaban J connectivity index is 1.86. The summed E-state index contributed by atoms with van der Waals surface area (Å²) < 4.78 is 3.36. The Kier molecular flexibility index (Phi) is 5.07. The lowest BCUT2D eigenvalue weighted by molar-refractivity contribution is -0.117. The van der Waals surface area contributed by atoms with Crippen molar-refractivity contribution in [2.24, 2.45) is 0 Å². The molecule has 1 atom stereocenters. The van der Waals surface area contributed by atoms with Crippen LogP contribution in [-0.2, 0) is 4.79 Å². The Hall–Kier alpha value is -1.04. The van der Waals surface area contributed by atoms with E-state index in [1.54, 1.807) is 11.9 Å². The number of anilines is 1. The molecule has 0 saturated carbocycles. The smallest absolute Gasteiger partial charge is 0.241 e. The summed E-state index contributed by atoms with van der Waals surface area (Å²) in [4.78, 5) is 13.1. The summed E-state index contributed by atoms with van der Waals surface area (Å²) >= 11 is 1.61. The average molecular weight is 293 g/mol. The van der Waals surface area contributed by atoms with Gasteiger partial charge in [-0.1, -0.05) is 0 Å². The summed E-state index contributed by atoms with van der Waals surface area (Å²) in [6.45, 7) is 7.32. The maximum absolute atomic E-state index is 12.0. The second-order valence-electron chi connectivity index (χ2n) is 6.12. The number of nitrogens with one attached hydrogen (secondary N) is 3. The molecular formula is C15H23N3OS. The Morgan fingerprint density at radius 1 is 1.30 bits per heavy atom. The molecule has 1 amide bonds. The fraction of sp³-hybridized carbons (Fsp3) is 0.533. The number of rotatable bonds is 4. The minimum absolute atomic E-state index is 0.0355. The van der Waals surface area contributed by atoms with Crippen molar-refractivity contribution < 1.29 is 4.79 Å². The lowest BCUT2D eigenvalue weighted by Crippen LogP contribution is -2.35. The van der Waals surface area contributed by atoms with Gasteiger partial charge in [-0.15, -0.1) is 0 Å². The van der Waals surface area contributed by atoms with Gasteiger partial charge in [0.15, 0.2) is 0 Å². The first kappa shape index (κ1) is 15.4. The van der Waals surface area contributed by atoms with Crippen molar-refractivity contribution in [1.29, 1.82) is 0 Å². The molecule has 0 aliphatic carbocycles. The molecule has 5 heteroatoms. The number of hydrogen-bond donors (Lipinski definition) is 3. The van der Waals surface area contributed by atoms with E-state index in [1.165, 1.54) is 0 Å². The van der Waals surface area contributed by atoms with Crippen LogP contribution in [0.1, 0.15) is 33.6 Å². The lowest BCUT2D eigenvalue weighted by atomic mass is 10.1. The summed E-state index contributed by atoms with van der Waals surface area (Å²) in [5.41, 5.74) is 0.926. The van der Waals surface area contributed by atoms with Crippen LogP contribution in [0, 0.1) is 0 Å². The third kappa shape index (κ3) is 4.81. The molecule has 0 radical (unpaired) electrons. The molecule has 3 N–H and O–H groups in total. The molecule has 1 fully saturated rings. The Morgan fingerprint density at radius 3 is 2.55 bits per heavy atom. The first-order chi connectivity index (χ1) is 9.44. The molecule has 1 aromatic carbocycles. The third-order valence-corrected chi connectivity index (χ3v) is 4.20. The fourth-order valence-electron chi connectivity index (χ4n) is 1.96. The molecule has 0 aromatic heterocycles. The average Bonchev–Trinajstić information content (AvgIpc) is 2.91. The highest BCUT2D eigenvalue weighted by molar-refractivity contribution is 7.97. The first-order valence-corrected chi connectivity index (χ1v) is 7.84. The zero-order chi connectivity index (χ0) is 14.6. The number of hydrogen-bond acceptors (Lipinski definition) is 4. The fourth-order valence-corrected chi connectivity index (χ4v) is 2.65. The molecule has 1 heterocycles. The quantitative estimate of drug-likeness (QED) is 0.747. The highest BCUT2D eigenvalue weighted by Gasteiger charge is 2.21. The van der Waals surface area contributed by atoms with Gasteiger partial charge in [-0.05, 0) is 76.4 Å². The highest BCUT2D eigenvalue weighted by atomic mass is 32.2. The Labute approximate surface area is 125 Å². The van der Waals surface area contributed by atoms with Crippen LogP contribution >= 0.6 is 11.9 Å². The van der Waals surface area contributed by atoms with Crippen LogP contribution in [0.25, 0.3) is 0 Å². The van der Waals surface area contributed by atoms with Gasteiger partial charge in [0.05, 0.1) is 6.04 Å². The van der Waals surface area contributed by atoms with E-state index in [-0.39, 0.29) is 17.5 Å². The van der Waals surface area contributed by atoms with Gasteiger partial charge in [0.25, 0.3) is 0 Å². The van der Waals surface area contributed by atoms with Crippen molar-refractivity contribution in [1.82, 2.24) is 10.0 Å². The molecule has 20 heavy (non-hydrogen) atoms. The summed E-state index contributed by atoms with van der Waals surface area (Å²) in [7, 11) is 0. The number of carbonyl (C=O) groups excluding carboxylic acids is 1. The summed E-state index contributed by atoms with van der Waals surface area (Å²) in [6, 6.07) is 7.88. The molecule has 1 aliphatic rings. The number of benzene rings is 1. The maximum Gasteiger partial charge on any atom is 0.241 e.